The highest BCUT2D eigenvalue weighted by Crippen LogP contribution is 2.28. The molecule has 1 amide bonds. The van der Waals surface area contributed by atoms with E-state index in [2.05, 4.69) is 11.4 Å². The number of thioether (sulfide) groups is 1. The van der Waals surface area contributed by atoms with Crippen LogP contribution in [-0.4, -0.2) is 29.1 Å². The second-order valence-corrected chi connectivity index (χ2v) is 7.46. The summed E-state index contributed by atoms with van der Waals surface area (Å²) in [5.41, 5.74) is -0.160. The Morgan fingerprint density at radius 2 is 2.17 bits per heavy atom. The van der Waals surface area contributed by atoms with Gasteiger partial charge >= 0.3 is 0 Å². The van der Waals surface area contributed by atoms with Gasteiger partial charge in [0, 0.05) is 11.3 Å². The number of rotatable bonds is 4. The molecule has 1 aromatic carbocycles. The number of nitrogens with one attached hydrogen (secondary N) is 1. The molecule has 23 heavy (non-hydrogen) atoms. The van der Waals surface area contributed by atoms with Crippen LogP contribution in [0.5, 0.6) is 5.75 Å². The molecule has 0 bridgehead atoms. The predicted molar refractivity (Wildman–Crippen MR) is 91.7 cm³/mol. The summed E-state index contributed by atoms with van der Waals surface area (Å²) in [6.45, 7) is 0. The number of ether oxygens (including phenoxy) is 1. The molecule has 1 aliphatic heterocycles. The van der Waals surface area contributed by atoms with Gasteiger partial charge < -0.3 is 10.1 Å². The van der Waals surface area contributed by atoms with Crippen molar-refractivity contribution in [1.82, 2.24) is 5.32 Å². The van der Waals surface area contributed by atoms with Crippen LogP contribution < -0.4 is 10.1 Å². The van der Waals surface area contributed by atoms with Crippen LogP contribution in [0, 0.1) is 11.3 Å². The van der Waals surface area contributed by atoms with Crippen LogP contribution in [0.3, 0.4) is 0 Å². The Morgan fingerprint density at radius 3 is 2.87 bits per heavy atom. The molecule has 0 unspecified atom stereocenters. The fourth-order valence-corrected chi connectivity index (χ4v) is 4.42. The molecule has 1 aliphatic carbocycles. The first-order valence-electron chi connectivity index (χ1n) is 8.29. The van der Waals surface area contributed by atoms with Crippen LogP contribution in [-0.2, 0) is 0 Å². The second-order valence-electron chi connectivity index (χ2n) is 6.36. The summed E-state index contributed by atoms with van der Waals surface area (Å²) in [6, 6.07) is 9.58. The van der Waals surface area contributed by atoms with E-state index >= 15 is 0 Å². The molecule has 0 spiro atoms. The highest BCUT2D eigenvalue weighted by Gasteiger charge is 2.36. The Hall–Kier alpha value is -1.67. The summed E-state index contributed by atoms with van der Waals surface area (Å²) in [7, 11) is 0. The smallest absolute Gasteiger partial charge is 0.252 e. The van der Waals surface area contributed by atoms with E-state index < -0.39 is 5.54 Å². The van der Waals surface area contributed by atoms with E-state index in [-0.39, 0.29) is 12.0 Å². The van der Waals surface area contributed by atoms with Gasteiger partial charge in [0.05, 0.1) is 12.2 Å². The predicted octanol–water partition coefficient (Wildman–Crippen LogP) is 3.53. The SMILES string of the molecule is N#C[C@]1(NC(=O)c2cccc(OC3CCCCC3)c2)CCSC1. The summed E-state index contributed by atoms with van der Waals surface area (Å²) < 4.78 is 6.02. The monoisotopic (exact) mass is 330 g/mol. The Labute approximate surface area is 141 Å². The molecule has 0 aromatic heterocycles. The molecular formula is C18H22N2O2S. The van der Waals surface area contributed by atoms with E-state index in [4.69, 9.17) is 4.74 Å². The third-order valence-electron chi connectivity index (χ3n) is 4.54. The molecule has 3 rings (SSSR count). The van der Waals surface area contributed by atoms with Crippen molar-refractivity contribution in [3.05, 3.63) is 29.8 Å². The lowest BCUT2D eigenvalue weighted by molar-refractivity contribution is 0.0924. The largest absolute Gasteiger partial charge is 0.490 e. The minimum absolute atomic E-state index is 0.192. The van der Waals surface area contributed by atoms with E-state index in [1.54, 1.807) is 23.9 Å². The number of benzene rings is 1. The van der Waals surface area contributed by atoms with Gasteiger partial charge in [-0.1, -0.05) is 12.5 Å². The van der Waals surface area contributed by atoms with Crippen molar-refractivity contribution >= 4 is 17.7 Å². The first kappa shape index (κ1) is 16.2. The number of hydrogen-bond donors (Lipinski definition) is 1. The quantitative estimate of drug-likeness (QED) is 0.917. The number of hydrogen-bond acceptors (Lipinski definition) is 4. The van der Waals surface area contributed by atoms with Gasteiger partial charge in [0.1, 0.15) is 11.3 Å². The van der Waals surface area contributed by atoms with Crippen LogP contribution in [0.15, 0.2) is 24.3 Å². The van der Waals surface area contributed by atoms with E-state index in [9.17, 15) is 10.1 Å². The fourth-order valence-electron chi connectivity index (χ4n) is 3.16. The Bertz CT molecular complexity index is 599. The maximum atomic E-state index is 12.5. The third-order valence-corrected chi connectivity index (χ3v) is 5.73. The number of nitriles is 1. The van der Waals surface area contributed by atoms with Crippen molar-refractivity contribution in [2.45, 2.75) is 50.2 Å². The minimum Gasteiger partial charge on any atom is -0.490 e. The normalized spacial score (nSPS) is 24.8. The van der Waals surface area contributed by atoms with Crippen molar-refractivity contribution in [2.75, 3.05) is 11.5 Å². The Balaban J connectivity index is 1.66. The molecular weight excluding hydrogens is 308 g/mol. The highest BCUT2D eigenvalue weighted by molar-refractivity contribution is 7.99. The van der Waals surface area contributed by atoms with Crippen molar-refractivity contribution in [3.8, 4) is 11.8 Å². The van der Waals surface area contributed by atoms with Gasteiger partial charge in [-0.3, -0.25) is 4.79 Å². The summed E-state index contributed by atoms with van der Waals surface area (Å²) in [5, 5.41) is 12.3. The average Bonchev–Trinajstić information content (AvgIpc) is 3.05. The Morgan fingerprint density at radius 1 is 1.35 bits per heavy atom. The molecule has 2 fully saturated rings. The van der Waals surface area contributed by atoms with Gasteiger partial charge in [-0.2, -0.15) is 17.0 Å². The van der Waals surface area contributed by atoms with E-state index in [1.165, 1.54) is 19.3 Å². The standard InChI is InChI=1S/C18H22N2O2S/c19-12-18(9-10-23-13-18)20-17(21)14-5-4-8-16(11-14)22-15-6-2-1-3-7-15/h4-5,8,11,15H,1-3,6-7,9-10,13H2,(H,20,21)/t18-/m1/s1. The zero-order valence-electron chi connectivity index (χ0n) is 13.2. The van der Waals surface area contributed by atoms with Gasteiger partial charge in [0.2, 0.25) is 0 Å². The molecule has 2 aliphatic rings. The van der Waals surface area contributed by atoms with Crippen molar-refractivity contribution in [2.24, 2.45) is 0 Å². The maximum absolute atomic E-state index is 12.5. The van der Waals surface area contributed by atoms with Gasteiger partial charge in [-0.05, 0) is 56.1 Å². The molecule has 122 valence electrons. The molecule has 1 atom stereocenters. The first-order chi connectivity index (χ1) is 11.2. The van der Waals surface area contributed by atoms with E-state index in [0.29, 0.717) is 17.7 Å². The van der Waals surface area contributed by atoms with E-state index in [1.807, 2.05) is 12.1 Å². The zero-order valence-corrected chi connectivity index (χ0v) is 14.0. The molecule has 5 heteroatoms. The highest BCUT2D eigenvalue weighted by atomic mass is 32.2. The van der Waals surface area contributed by atoms with Crippen molar-refractivity contribution in [3.63, 3.8) is 0 Å². The van der Waals surface area contributed by atoms with Crippen LogP contribution in [0.25, 0.3) is 0 Å². The number of amides is 1. The third kappa shape index (κ3) is 4.00. The Kier molecular flexibility index (Phi) is 5.12. The summed E-state index contributed by atoms with van der Waals surface area (Å²) in [4.78, 5) is 12.5. The number of carbonyl (C=O) groups excluding carboxylic acids is 1. The van der Waals surface area contributed by atoms with Gasteiger partial charge in [0.15, 0.2) is 0 Å². The topological polar surface area (TPSA) is 62.1 Å². The second kappa shape index (κ2) is 7.27. The lowest BCUT2D eigenvalue weighted by Gasteiger charge is -2.24. The van der Waals surface area contributed by atoms with Crippen LogP contribution in [0.1, 0.15) is 48.9 Å². The maximum Gasteiger partial charge on any atom is 0.252 e. The van der Waals surface area contributed by atoms with Gasteiger partial charge in [0.25, 0.3) is 5.91 Å². The number of nitrogens with zero attached hydrogens (tertiary/aromatic N) is 1. The van der Waals surface area contributed by atoms with Crippen LogP contribution >= 0.6 is 11.8 Å². The van der Waals surface area contributed by atoms with Gasteiger partial charge in [-0.25, -0.2) is 0 Å². The summed E-state index contributed by atoms with van der Waals surface area (Å²) in [6.07, 6.45) is 6.87. The molecule has 4 nitrogen and oxygen atoms in total. The van der Waals surface area contributed by atoms with E-state index in [0.717, 1.165) is 24.3 Å². The molecule has 1 heterocycles. The van der Waals surface area contributed by atoms with Crippen LogP contribution in [0.2, 0.25) is 0 Å². The summed E-state index contributed by atoms with van der Waals surface area (Å²) >= 11 is 1.71. The first-order valence-corrected chi connectivity index (χ1v) is 9.44. The number of carbonyl (C=O) groups is 1. The molecule has 1 aromatic rings. The molecule has 1 N–H and O–H groups in total. The summed E-state index contributed by atoms with van der Waals surface area (Å²) in [5.74, 6) is 2.13. The average molecular weight is 330 g/mol. The lowest BCUT2D eigenvalue weighted by atomic mass is 9.98. The molecule has 1 saturated carbocycles. The van der Waals surface area contributed by atoms with Crippen LogP contribution in [0.4, 0.5) is 0 Å². The molecule has 0 radical (unpaired) electrons. The fraction of sp³-hybridized carbons (Fsp3) is 0.556. The van der Waals surface area contributed by atoms with Crippen molar-refractivity contribution < 1.29 is 9.53 Å². The lowest BCUT2D eigenvalue weighted by Crippen LogP contribution is -2.47. The van der Waals surface area contributed by atoms with Gasteiger partial charge in [-0.15, -0.1) is 0 Å². The zero-order chi connectivity index (χ0) is 16.1. The minimum atomic E-state index is -0.720. The van der Waals surface area contributed by atoms with Crippen molar-refractivity contribution in [1.29, 1.82) is 5.26 Å². The molecule has 1 saturated heterocycles.